The summed E-state index contributed by atoms with van der Waals surface area (Å²) in [7, 11) is 0. The smallest absolute Gasteiger partial charge is 0.0853 e. The molecule has 0 atom stereocenters. The average Bonchev–Trinajstić information content (AvgIpc) is 2.14. The standard InChI is InChI=1S/C12H18N2/c1-12(2,3)9-14-11-8-6-5-7-10(11)13-4/h5-8,14H,4,9H2,1-3H3. The van der Waals surface area contributed by atoms with Crippen LogP contribution < -0.4 is 5.32 Å². The topological polar surface area (TPSA) is 24.4 Å². The van der Waals surface area contributed by atoms with Gasteiger partial charge in [0.25, 0.3) is 0 Å². The van der Waals surface area contributed by atoms with Gasteiger partial charge in [0.1, 0.15) is 0 Å². The zero-order chi connectivity index (χ0) is 10.6. The van der Waals surface area contributed by atoms with Crippen LogP contribution in [0, 0.1) is 5.41 Å². The maximum Gasteiger partial charge on any atom is 0.0853 e. The van der Waals surface area contributed by atoms with Gasteiger partial charge in [-0.1, -0.05) is 32.9 Å². The van der Waals surface area contributed by atoms with E-state index in [9.17, 15) is 0 Å². The fourth-order valence-electron chi connectivity index (χ4n) is 1.12. The van der Waals surface area contributed by atoms with Gasteiger partial charge in [0, 0.05) is 6.54 Å². The van der Waals surface area contributed by atoms with E-state index >= 15 is 0 Å². The number of anilines is 1. The molecule has 0 bridgehead atoms. The van der Waals surface area contributed by atoms with Crippen molar-refractivity contribution in [2.75, 3.05) is 11.9 Å². The van der Waals surface area contributed by atoms with Crippen molar-refractivity contribution in [2.45, 2.75) is 20.8 Å². The molecular weight excluding hydrogens is 172 g/mol. The quantitative estimate of drug-likeness (QED) is 0.725. The van der Waals surface area contributed by atoms with Gasteiger partial charge in [0.2, 0.25) is 0 Å². The van der Waals surface area contributed by atoms with Gasteiger partial charge < -0.3 is 5.32 Å². The molecule has 2 nitrogen and oxygen atoms in total. The first-order valence-electron chi connectivity index (χ1n) is 4.82. The van der Waals surface area contributed by atoms with Crippen molar-refractivity contribution in [3.63, 3.8) is 0 Å². The van der Waals surface area contributed by atoms with Crippen molar-refractivity contribution < 1.29 is 0 Å². The second-order valence-electron chi connectivity index (χ2n) is 4.59. The minimum absolute atomic E-state index is 0.272. The lowest BCUT2D eigenvalue weighted by molar-refractivity contribution is 0.443. The first-order chi connectivity index (χ1) is 6.53. The van der Waals surface area contributed by atoms with E-state index in [2.05, 4.69) is 37.8 Å². The fourth-order valence-corrected chi connectivity index (χ4v) is 1.12. The first kappa shape index (κ1) is 10.8. The monoisotopic (exact) mass is 190 g/mol. The Balaban J connectivity index is 2.71. The third kappa shape index (κ3) is 3.21. The Morgan fingerprint density at radius 3 is 2.50 bits per heavy atom. The van der Waals surface area contributed by atoms with Crippen LogP contribution >= 0.6 is 0 Å². The highest BCUT2D eigenvalue weighted by Crippen LogP contribution is 2.25. The third-order valence-corrected chi connectivity index (χ3v) is 1.88. The van der Waals surface area contributed by atoms with Gasteiger partial charge in [0.15, 0.2) is 0 Å². The lowest BCUT2D eigenvalue weighted by Crippen LogP contribution is -2.18. The number of rotatable bonds is 3. The highest BCUT2D eigenvalue weighted by atomic mass is 14.9. The van der Waals surface area contributed by atoms with E-state index in [0.29, 0.717) is 0 Å². The van der Waals surface area contributed by atoms with Gasteiger partial charge in [-0.2, -0.15) is 0 Å². The van der Waals surface area contributed by atoms with Crippen LogP contribution in [0.4, 0.5) is 11.4 Å². The maximum atomic E-state index is 3.96. The summed E-state index contributed by atoms with van der Waals surface area (Å²) in [4.78, 5) is 3.96. The zero-order valence-electron chi connectivity index (χ0n) is 9.17. The van der Waals surface area contributed by atoms with Crippen LogP contribution in [0.2, 0.25) is 0 Å². The van der Waals surface area contributed by atoms with Gasteiger partial charge in [0.05, 0.1) is 11.4 Å². The van der Waals surface area contributed by atoms with Crippen LogP contribution in [-0.4, -0.2) is 13.3 Å². The molecule has 2 heteroatoms. The van der Waals surface area contributed by atoms with Crippen molar-refractivity contribution in [1.29, 1.82) is 0 Å². The number of para-hydroxylation sites is 2. The van der Waals surface area contributed by atoms with Gasteiger partial charge in [-0.05, 0) is 24.3 Å². The minimum Gasteiger partial charge on any atom is -0.383 e. The Bertz CT molecular complexity index is 310. The van der Waals surface area contributed by atoms with Crippen molar-refractivity contribution in [1.82, 2.24) is 0 Å². The lowest BCUT2D eigenvalue weighted by Gasteiger charge is -2.20. The van der Waals surface area contributed by atoms with E-state index in [-0.39, 0.29) is 5.41 Å². The van der Waals surface area contributed by atoms with E-state index in [1.165, 1.54) is 0 Å². The minimum atomic E-state index is 0.272. The molecule has 0 amide bonds. The number of hydrogen-bond acceptors (Lipinski definition) is 2. The summed E-state index contributed by atoms with van der Waals surface area (Å²) >= 11 is 0. The Labute approximate surface area is 86.1 Å². The van der Waals surface area contributed by atoms with E-state index in [0.717, 1.165) is 17.9 Å². The molecule has 0 fully saturated rings. The van der Waals surface area contributed by atoms with Gasteiger partial charge in [-0.25, -0.2) is 0 Å². The summed E-state index contributed by atoms with van der Waals surface area (Å²) in [5, 5.41) is 3.37. The summed E-state index contributed by atoms with van der Waals surface area (Å²) in [5.74, 6) is 0. The maximum absolute atomic E-state index is 3.96. The van der Waals surface area contributed by atoms with Crippen molar-refractivity contribution in [2.24, 2.45) is 10.4 Å². The molecule has 1 aromatic rings. The Morgan fingerprint density at radius 2 is 1.93 bits per heavy atom. The summed E-state index contributed by atoms with van der Waals surface area (Å²) in [5.41, 5.74) is 2.24. The average molecular weight is 190 g/mol. The molecule has 0 saturated carbocycles. The Kier molecular flexibility index (Phi) is 3.28. The molecule has 0 radical (unpaired) electrons. The molecule has 0 aliphatic carbocycles. The predicted molar refractivity (Wildman–Crippen MR) is 63.6 cm³/mol. The number of benzene rings is 1. The lowest BCUT2D eigenvalue weighted by atomic mass is 9.97. The number of aliphatic imine (C=N–C) groups is 1. The molecule has 14 heavy (non-hydrogen) atoms. The molecule has 0 aliphatic rings. The van der Waals surface area contributed by atoms with Crippen molar-refractivity contribution >= 4 is 18.1 Å². The molecule has 0 saturated heterocycles. The molecule has 0 heterocycles. The summed E-state index contributed by atoms with van der Waals surface area (Å²) in [6, 6.07) is 7.94. The molecule has 1 aromatic carbocycles. The van der Waals surface area contributed by atoms with Crippen LogP contribution in [0.15, 0.2) is 29.3 Å². The Hall–Kier alpha value is -1.31. The van der Waals surface area contributed by atoms with E-state index in [1.54, 1.807) is 0 Å². The SMILES string of the molecule is C=Nc1ccccc1NCC(C)(C)C. The summed E-state index contributed by atoms with van der Waals surface area (Å²) in [6.07, 6.45) is 0. The first-order valence-corrected chi connectivity index (χ1v) is 4.82. The van der Waals surface area contributed by atoms with Crippen LogP contribution in [0.1, 0.15) is 20.8 Å². The van der Waals surface area contributed by atoms with E-state index < -0.39 is 0 Å². The third-order valence-electron chi connectivity index (χ3n) is 1.88. The predicted octanol–water partition coefficient (Wildman–Crippen LogP) is 3.48. The number of nitrogens with one attached hydrogen (secondary N) is 1. The normalized spacial score (nSPS) is 11.1. The van der Waals surface area contributed by atoms with Crippen LogP contribution in [-0.2, 0) is 0 Å². The second kappa shape index (κ2) is 4.27. The molecule has 0 aromatic heterocycles. The second-order valence-corrected chi connectivity index (χ2v) is 4.59. The number of nitrogens with zero attached hydrogens (tertiary/aromatic N) is 1. The summed E-state index contributed by atoms with van der Waals surface area (Å²) in [6.45, 7) is 11.1. The highest BCUT2D eigenvalue weighted by Gasteiger charge is 2.10. The van der Waals surface area contributed by atoms with E-state index in [4.69, 9.17) is 0 Å². The van der Waals surface area contributed by atoms with Gasteiger partial charge in [-0.3, -0.25) is 4.99 Å². The molecule has 0 spiro atoms. The van der Waals surface area contributed by atoms with Crippen LogP contribution in [0.25, 0.3) is 0 Å². The van der Waals surface area contributed by atoms with Crippen LogP contribution in [0.5, 0.6) is 0 Å². The van der Waals surface area contributed by atoms with Gasteiger partial charge >= 0.3 is 0 Å². The van der Waals surface area contributed by atoms with Crippen LogP contribution in [0.3, 0.4) is 0 Å². The molecule has 0 unspecified atom stereocenters. The Morgan fingerprint density at radius 1 is 1.29 bits per heavy atom. The molecule has 1 rings (SSSR count). The van der Waals surface area contributed by atoms with Gasteiger partial charge in [-0.15, -0.1) is 0 Å². The molecule has 1 N–H and O–H groups in total. The highest BCUT2D eigenvalue weighted by molar-refractivity contribution is 5.67. The number of hydrogen-bond donors (Lipinski definition) is 1. The largest absolute Gasteiger partial charge is 0.383 e. The van der Waals surface area contributed by atoms with Crippen molar-refractivity contribution in [3.8, 4) is 0 Å². The molecule has 76 valence electrons. The van der Waals surface area contributed by atoms with E-state index in [1.807, 2.05) is 24.3 Å². The molecule has 0 aliphatic heterocycles. The summed E-state index contributed by atoms with van der Waals surface area (Å²) < 4.78 is 0. The molecular formula is C12H18N2. The zero-order valence-corrected chi connectivity index (χ0v) is 9.17. The fraction of sp³-hybridized carbons (Fsp3) is 0.417. The van der Waals surface area contributed by atoms with Crippen molar-refractivity contribution in [3.05, 3.63) is 24.3 Å².